The van der Waals surface area contributed by atoms with Gasteiger partial charge in [-0.2, -0.15) is 0 Å². The van der Waals surface area contributed by atoms with Crippen LogP contribution in [0.5, 0.6) is 0 Å². The monoisotopic (exact) mass is 423 g/mol. The molecule has 0 saturated heterocycles. The Kier molecular flexibility index (Phi) is 5.26. The molecule has 1 aromatic carbocycles. The minimum absolute atomic E-state index is 0.00820. The van der Waals surface area contributed by atoms with E-state index in [-0.39, 0.29) is 31.4 Å². The number of hydrogen-bond donors (Lipinski definition) is 2. The summed E-state index contributed by atoms with van der Waals surface area (Å²) in [5.74, 6) is -1.43. The maximum absolute atomic E-state index is 14.2. The molecule has 2 aromatic rings. The fourth-order valence-electron chi connectivity index (χ4n) is 3.33. The lowest BCUT2D eigenvalue weighted by molar-refractivity contribution is -0.131. The average Bonchev–Trinajstić information content (AvgIpc) is 3.17. The molecule has 0 unspecified atom stereocenters. The molecule has 1 aliphatic heterocycles. The van der Waals surface area contributed by atoms with Gasteiger partial charge in [0.1, 0.15) is 5.82 Å². The van der Waals surface area contributed by atoms with Crippen molar-refractivity contribution in [2.75, 3.05) is 12.8 Å². The summed E-state index contributed by atoms with van der Waals surface area (Å²) in [6.45, 7) is 3.18. The molecule has 1 atom stereocenters. The molecule has 0 saturated carbocycles. The van der Waals surface area contributed by atoms with Crippen molar-refractivity contribution in [2.45, 2.75) is 31.6 Å². The summed E-state index contributed by atoms with van der Waals surface area (Å²) in [6.07, 6.45) is 2.26. The molecular formula is C19H22FN3O5S. The Hall–Kier alpha value is -2.72. The van der Waals surface area contributed by atoms with Crippen molar-refractivity contribution in [3.63, 3.8) is 0 Å². The summed E-state index contributed by atoms with van der Waals surface area (Å²) in [5, 5.41) is 8.89. The lowest BCUT2D eigenvalue weighted by atomic mass is 10.1. The Morgan fingerprint density at radius 3 is 2.59 bits per heavy atom. The van der Waals surface area contributed by atoms with Crippen LogP contribution < -0.4 is 5.48 Å². The highest BCUT2D eigenvalue weighted by molar-refractivity contribution is 7.92. The molecule has 2 N–H and O–H groups in total. The van der Waals surface area contributed by atoms with Crippen molar-refractivity contribution in [3.05, 3.63) is 47.5 Å². The van der Waals surface area contributed by atoms with Gasteiger partial charge in [0.05, 0.1) is 6.54 Å². The van der Waals surface area contributed by atoms with Gasteiger partial charge in [0.25, 0.3) is 5.91 Å². The van der Waals surface area contributed by atoms with Crippen molar-refractivity contribution in [1.82, 2.24) is 14.9 Å². The van der Waals surface area contributed by atoms with Gasteiger partial charge in [-0.1, -0.05) is 12.1 Å². The molecule has 29 heavy (non-hydrogen) atoms. The standard InChI is InChI=1S/C19H22FN3O5S/c1-12-4-5-15(16(20)8-12)13-9-14-11-22(18(25)23(14)10-13)7-6-19(2,17(24)21-26)29(3,27)28/h4-5,8-10,26H,6-7,11H2,1-3H3,(H,21,24)/t19-/m1/s1. The third-order valence-electron chi connectivity index (χ3n) is 5.42. The fraction of sp³-hybridized carbons (Fsp3) is 0.368. The number of carbonyl (C=O) groups excluding carboxylic acids is 2. The minimum atomic E-state index is -3.85. The zero-order valence-electron chi connectivity index (χ0n) is 16.3. The Balaban J connectivity index is 1.78. The lowest BCUT2D eigenvalue weighted by Gasteiger charge is -2.27. The average molecular weight is 423 g/mol. The number of nitrogens with zero attached hydrogens (tertiary/aromatic N) is 2. The summed E-state index contributed by atoms with van der Waals surface area (Å²) in [5.41, 5.74) is 3.78. The molecule has 0 radical (unpaired) electrons. The quantitative estimate of drug-likeness (QED) is 0.546. The summed E-state index contributed by atoms with van der Waals surface area (Å²) in [4.78, 5) is 26.0. The van der Waals surface area contributed by atoms with E-state index in [4.69, 9.17) is 5.21 Å². The summed E-state index contributed by atoms with van der Waals surface area (Å²) in [7, 11) is -3.85. The van der Waals surface area contributed by atoms with E-state index >= 15 is 0 Å². The van der Waals surface area contributed by atoms with Crippen LogP contribution in [0, 0.1) is 12.7 Å². The first-order chi connectivity index (χ1) is 13.5. The third kappa shape index (κ3) is 3.65. The largest absolute Gasteiger partial charge is 0.328 e. The van der Waals surface area contributed by atoms with Gasteiger partial charge in [0.15, 0.2) is 14.6 Å². The maximum atomic E-state index is 14.2. The molecule has 0 aliphatic carbocycles. The topological polar surface area (TPSA) is 109 Å². The zero-order valence-corrected chi connectivity index (χ0v) is 17.1. The van der Waals surface area contributed by atoms with E-state index in [0.29, 0.717) is 16.8 Å². The van der Waals surface area contributed by atoms with Gasteiger partial charge in [-0.15, -0.1) is 0 Å². The van der Waals surface area contributed by atoms with Crippen LogP contribution in [0.2, 0.25) is 0 Å². The van der Waals surface area contributed by atoms with Crippen LogP contribution in [-0.2, 0) is 21.2 Å². The summed E-state index contributed by atoms with van der Waals surface area (Å²) in [6, 6.07) is 6.18. The van der Waals surface area contributed by atoms with Gasteiger partial charge < -0.3 is 4.90 Å². The van der Waals surface area contributed by atoms with Crippen LogP contribution in [-0.4, -0.2) is 52.6 Å². The molecule has 156 valence electrons. The van der Waals surface area contributed by atoms with Gasteiger partial charge in [-0.3, -0.25) is 14.6 Å². The van der Waals surface area contributed by atoms with Crippen molar-refractivity contribution >= 4 is 21.8 Å². The number of benzene rings is 1. The number of halogens is 1. The second-order valence-electron chi connectivity index (χ2n) is 7.47. The fourth-order valence-corrected chi connectivity index (χ4v) is 4.18. The predicted molar refractivity (Wildman–Crippen MR) is 104 cm³/mol. The zero-order chi connectivity index (χ0) is 21.6. The molecule has 3 rings (SSSR count). The van der Waals surface area contributed by atoms with Crippen LogP contribution in [0.25, 0.3) is 11.1 Å². The van der Waals surface area contributed by atoms with Crippen LogP contribution in [0.1, 0.15) is 24.6 Å². The highest BCUT2D eigenvalue weighted by atomic mass is 32.2. The van der Waals surface area contributed by atoms with E-state index in [1.165, 1.54) is 27.9 Å². The highest BCUT2D eigenvalue weighted by Crippen LogP contribution is 2.30. The number of aromatic nitrogens is 1. The number of hydroxylamine groups is 1. The van der Waals surface area contributed by atoms with Gasteiger partial charge >= 0.3 is 6.03 Å². The molecule has 0 fully saturated rings. The van der Waals surface area contributed by atoms with Crippen molar-refractivity contribution in [1.29, 1.82) is 0 Å². The van der Waals surface area contributed by atoms with E-state index in [0.717, 1.165) is 11.8 Å². The molecule has 8 nitrogen and oxygen atoms in total. The third-order valence-corrected chi connectivity index (χ3v) is 7.45. The molecule has 2 amide bonds. The van der Waals surface area contributed by atoms with Crippen LogP contribution in [0.4, 0.5) is 9.18 Å². The first-order valence-electron chi connectivity index (χ1n) is 8.89. The van der Waals surface area contributed by atoms with Crippen molar-refractivity contribution in [3.8, 4) is 11.1 Å². The number of nitrogens with one attached hydrogen (secondary N) is 1. The second-order valence-corrected chi connectivity index (χ2v) is 9.92. The maximum Gasteiger partial charge on any atom is 0.328 e. The normalized spacial score (nSPS) is 15.9. The Bertz CT molecular complexity index is 1100. The van der Waals surface area contributed by atoms with Crippen LogP contribution >= 0.6 is 0 Å². The number of hydrogen-bond acceptors (Lipinski definition) is 5. The number of sulfone groups is 1. The summed E-state index contributed by atoms with van der Waals surface area (Å²) < 4.78 is 37.8. The Morgan fingerprint density at radius 1 is 1.34 bits per heavy atom. The number of rotatable bonds is 6. The van der Waals surface area contributed by atoms with Crippen molar-refractivity contribution in [2.24, 2.45) is 0 Å². The van der Waals surface area contributed by atoms with Gasteiger partial charge in [-0.25, -0.2) is 23.1 Å². The van der Waals surface area contributed by atoms with E-state index in [1.807, 2.05) is 0 Å². The smallest absolute Gasteiger partial charge is 0.318 e. The van der Waals surface area contributed by atoms with Crippen LogP contribution in [0.3, 0.4) is 0 Å². The van der Waals surface area contributed by atoms with E-state index < -0.39 is 20.5 Å². The molecule has 1 aliphatic rings. The molecule has 0 bridgehead atoms. The predicted octanol–water partition coefficient (Wildman–Crippen LogP) is 2.09. The minimum Gasteiger partial charge on any atom is -0.318 e. The van der Waals surface area contributed by atoms with E-state index in [2.05, 4.69) is 0 Å². The van der Waals surface area contributed by atoms with Crippen molar-refractivity contribution < 1.29 is 27.6 Å². The van der Waals surface area contributed by atoms with E-state index in [1.54, 1.807) is 31.3 Å². The van der Waals surface area contributed by atoms with E-state index in [9.17, 15) is 22.4 Å². The SMILES string of the molecule is Cc1ccc(-c2cc3n(c2)C(=O)N(CC[C@](C)(C(=O)NO)S(C)(=O)=O)C3)c(F)c1. The molecule has 0 spiro atoms. The number of aryl methyl sites for hydroxylation is 1. The Labute approximate surface area is 167 Å². The number of fused-ring (bicyclic) bond motifs is 1. The molecular weight excluding hydrogens is 401 g/mol. The first-order valence-corrected chi connectivity index (χ1v) is 10.8. The Morgan fingerprint density at radius 2 is 2.03 bits per heavy atom. The van der Waals surface area contributed by atoms with Gasteiger partial charge in [-0.05, 0) is 38.0 Å². The molecule has 1 aromatic heterocycles. The first kappa shape index (κ1) is 21.0. The summed E-state index contributed by atoms with van der Waals surface area (Å²) >= 11 is 0. The van der Waals surface area contributed by atoms with Gasteiger partial charge in [0, 0.05) is 35.8 Å². The van der Waals surface area contributed by atoms with Gasteiger partial charge in [0.2, 0.25) is 0 Å². The number of amides is 2. The number of carbonyl (C=O) groups is 2. The highest BCUT2D eigenvalue weighted by Gasteiger charge is 2.44. The molecule has 2 heterocycles. The lowest BCUT2D eigenvalue weighted by Crippen LogP contribution is -2.50. The van der Waals surface area contributed by atoms with Crippen LogP contribution in [0.15, 0.2) is 30.5 Å². The second kappa shape index (κ2) is 7.27. The molecule has 10 heteroatoms.